The first kappa shape index (κ1) is 13.8. The average Bonchev–Trinajstić information content (AvgIpc) is 2.83. The zero-order chi connectivity index (χ0) is 13.7. The molecule has 1 saturated heterocycles. The molecule has 2 heterocycles. The zero-order valence-corrected chi connectivity index (χ0v) is 12.0. The van der Waals surface area contributed by atoms with Crippen LogP contribution in [-0.4, -0.2) is 41.2 Å². The van der Waals surface area contributed by atoms with E-state index in [-0.39, 0.29) is 0 Å². The minimum atomic E-state index is 0.419. The predicted octanol–water partition coefficient (Wildman–Crippen LogP) is 1.94. The van der Waals surface area contributed by atoms with Crippen LogP contribution in [0.5, 0.6) is 6.01 Å². The van der Waals surface area contributed by atoms with Crippen LogP contribution in [0.4, 0.5) is 11.9 Å². The van der Waals surface area contributed by atoms with Crippen molar-refractivity contribution in [3.63, 3.8) is 0 Å². The monoisotopic (exact) mass is 265 g/mol. The molecule has 1 aromatic heterocycles. The second kappa shape index (κ2) is 6.54. The summed E-state index contributed by atoms with van der Waals surface area (Å²) in [7, 11) is 0. The Morgan fingerprint density at radius 1 is 1.32 bits per heavy atom. The maximum Gasteiger partial charge on any atom is 0.323 e. The molecular weight excluding hydrogens is 242 g/mol. The quantitative estimate of drug-likeness (QED) is 0.848. The van der Waals surface area contributed by atoms with Gasteiger partial charge in [0, 0.05) is 19.6 Å². The molecule has 1 fully saturated rings. The van der Waals surface area contributed by atoms with Crippen LogP contribution in [0.15, 0.2) is 0 Å². The molecule has 6 nitrogen and oxygen atoms in total. The standard InChI is InChI=1S/C13H23N5O/c1-4-8-19-13-16-11(14-5-2)15-12(17-13)18-7-6-10(3)9-18/h10H,4-9H2,1-3H3,(H,14,15,16,17). The first-order valence-corrected chi connectivity index (χ1v) is 7.10. The third-order valence-corrected chi connectivity index (χ3v) is 3.08. The highest BCUT2D eigenvalue weighted by molar-refractivity contribution is 5.39. The van der Waals surface area contributed by atoms with E-state index in [0.29, 0.717) is 24.5 Å². The molecule has 1 unspecified atom stereocenters. The van der Waals surface area contributed by atoms with Crippen molar-refractivity contribution < 1.29 is 4.74 Å². The molecule has 0 aliphatic carbocycles. The summed E-state index contributed by atoms with van der Waals surface area (Å²) in [4.78, 5) is 15.3. The lowest BCUT2D eigenvalue weighted by Crippen LogP contribution is -2.23. The van der Waals surface area contributed by atoms with Gasteiger partial charge in [0.15, 0.2) is 0 Å². The highest BCUT2D eigenvalue weighted by Crippen LogP contribution is 2.22. The molecule has 0 aromatic carbocycles. The van der Waals surface area contributed by atoms with E-state index in [1.54, 1.807) is 0 Å². The second-order valence-electron chi connectivity index (χ2n) is 4.96. The lowest BCUT2D eigenvalue weighted by molar-refractivity contribution is 0.292. The van der Waals surface area contributed by atoms with Gasteiger partial charge in [0.2, 0.25) is 11.9 Å². The third-order valence-electron chi connectivity index (χ3n) is 3.08. The van der Waals surface area contributed by atoms with Crippen molar-refractivity contribution in [2.75, 3.05) is 36.5 Å². The lowest BCUT2D eigenvalue weighted by Gasteiger charge is -2.17. The van der Waals surface area contributed by atoms with Gasteiger partial charge in [0.1, 0.15) is 0 Å². The Labute approximate surface area is 114 Å². The van der Waals surface area contributed by atoms with Gasteiger partial charge in [-0.1, -0.05) is 13.8 Å². The first-order valence-electron chi connectivity index (χ1n) is 7.10. The summed E-state index contributed by atoms with van der Waals surface area (Å²) < 4.78 is 5.54. The first-order chi connectivity index (χ1) is 9.22. The number of aromatic nitrogens is 3. The number of nitrogens with one attached hydrogen (secondary N) is 1. The van der Waals surface area contributed by atoms with Crippen molar-refractivity contribution in [3.8, 4) is 6.01 Å². The normalized spacial score (nSPS) is 18.7. The fourth-order valence-corrected chi connectivity index (χ4v) is 2.10. The van der Waals surface area contributed by atoms with Crippen LogP contribution in [0.1, 0.15) is 33.6 Å². The van der Waals surface area contributed by atoms with Crippen LogP contribution >= 0.6 is 0 Å². The third kappa shape index (κ3) is 3.68. The highest BCUT2D eigenvalue weighted by Gasteiger charge is 2.22. The van der Waals surface area contributed by atoms with Crippen LogP contribution in [-0.2, 0) is 0 Å². The molecular formula is C13H23N5O. The number of ether oxygens (including phenoxy) is 1. The molecule has 0 amide bonds. The predicted molar refractivity (Wildman–Crippen MR) is 75.8 cm³/mol. The maximum absolute atomic E-state index is 5.54. The van der Waals surface area contributed by atoms with E-state index in [0.717, 1.165) is 32.0 Å². The van der Waals surface area contributed by atoms with Crippen LogP contribution in [0.25, 0.3) is 0 Å². The van der Waals surface area contributed by atoms with E-state index in [2.05, 4.69) is 39.0 Å². The van der Waals surface area contributed by atoms with E-state index in [1.165, 1.54) is 6.42 Å². The largest absolute Gasteiger partial charge is 0.463 e. The molecule has 0 bridgehead atoms. The maximum atomic E-state index is 5.54. The van der Waals surface area contributed by atoms with E-state index in [9.17, 15) is 0 Å². The second-order valence-corrected chi connectivity index (χ2v) is 4.96. The molecule has 0 radical (unpaired) electrons. The summed E-state index contributed by atoms with van der Waals surface area (Å²) in [6, 6.07) is 0.419. The van der Waals surface area contributed by atoms with Crippen molar-refractivity contribution >= 4 is 11.9 Å². The molecule has 6 heteroatoms. The SMILES string of the molecule is CCCOc1nc(NCC)nc(N2CCC(C)C2)n1. The molecule has 1 aromatic rings. The summed E-state index contributed by atoms with van der Waals surface area (Å²) in [5, 5.41) is 3.13. The molecule has 2 rings (SSSR count). The van der Waals surface area contributed by atoms with Gasteiger partial charge < -0.3 is 15.0 Å². The minimum Gasteiger partial charge on any atom is -0.463 e. The van der Waals surface area contributed by atoms with Crippen molar-refractivity contribution in [1.82, 2.24) is 15.0 Å². The highest BCUT2D eigenvalue weighted by atomic mass is 16.5. The van der Waals surface area contributed by atoms with Crippen molar-refractivity contribution in [3.05, 3.63) is 0 Å². The molecule has 1 aliphatic heterocycles. The van der Waals surface area contributed by atoms with Gasteiger partial charge >= 0.3 is 6.01 Å². The van der Waals surface area contributed by atoms with E-state index in [4.69, 9.17) is 4.74 Å². The van der Waals surface area contributed by atoms with Crippen LogP contribution in [0.2, 0.25) is 0 Å². The molecule has 106 valence electrons. The van der Waals surface area contributed by atoms with Crippen molar-refractivity contribution in [1.29, 1.82) is 0 Å². The van der Waals surface area contributed by atoms with Gasteiger partial charge in [0.05, 0.1) is 6.61 Å². The Bertz CT molecular complexity index is 412. The van der Waals surface area contributed by atoms with Crippen LogP contribution < -0.4 is 15.0 Å². The van der Waals surface area contributed by atoms with E-state index < -0.39 is 0 Å². The summed E-state index contributed by atoms with van der Waals surface area (Å²) >= 11 is 0. The molecule has 1 atom stereocenters. The Morgan fingerprint density at radius 2 is 2.16 bits per heavy atom. The van der Waals surface area contributed by atoms with Gasteiger partial charge in [-0.25, -0.2) is 0 Å². The summed E-state index contributed by atoms with van der Waals surface area (Å²) in [6.45, 7) is 9.76. The van der Waals surface area contributed by atoms with E-state index >= 15 is 0 Å². The number of hydrogen-bond donors (Lipinski definition) is 1. The zero-order valence-electron chi connectivity index (χ0n) is 12.0. The van der Waals surface area contributed by atoms with Gasteiger partial charge in [-0.05, 0) is 25.7 Å². The fourth-order valence-electron chi connectivity index (χ4n) is 2.10. The van der Waals surface area contributed by atoms with Crippen LogP contribution in [0.3, 0.4) is 0 Å². The molecule has 0 saturated carbocycles. The Kier molecular flexibility index (Phi) is 4.76. The molecule has 0 spiro atoms. The van der Waals surface area contributed by atoms with Gasteiger partial charge in [-0.3, -0.25) is 0 Å². The summed E-state index contributed by atoms with van der Waals surface area (Å²) in [5.74, 6) is 2.01. The van der Waals surface area contributed by atoms with Crippen molar-refractivity contribution in [2.45, 2.75) is 33.6 Å². The van der Waals surface area contributed by atoms with Gasteiger partial charge in [-0.2, -0.15) is 15.0 Å². The van der Waals surface area contributed by atoms with E-state index in [1.807, 2.05) is 6.92 Å². The van der Waals surface area contributed by atoms with Gasteiger partial charge in [0.25, 0.3) is 0 Å². The minimum absolute atomic E-state index is 0.419. The van der Waals surface area contributed by atoms with Gasteiger partial charge in [-0.15, -0.1) is 0 Å². The smallest absolute Gasteiger partial charge is 0.323 e. The number of nitrogens with zero attached hydrogens (tertiary/aromatic N) is 4. The summed E-state index contributed by atoms with van der Waals surface area (Å²) in [6.07, 6.45) is 2.13. The lowest BCUT2D eigenvalue weighted by atomic mass is 10.2. The number of anilines is 2. The molecule has 1 aliphatic rings. The molecule has 19 heavy (non-hydrogen) atoms. The fraction of sp³-hybridized carbons (Fsp3) is 0.769. The average molecular weight is 265 g/mol. The van der Waals surface area contributed by atoms with Crippen LogP contribution in [0, 0.1) is 5.92 Å². The number of rotatable bonds is 6. The Morgan fingerprint density at radius 3 is 2.79 bits per heavy atom. The summed E-state index contributed by atoms with van der Waals surface area (Å²) in [5.41, 5.74) is 0. The topological polar surface area (TPSA) is 63.2 Å². The Balaban J connectivity index is 2.18. The Hall–Kier alpha value is -1.59. The van der Waals surface area contributed by atoms with Crippen molar-refractivity contribution in [2.24, 2.45) is 5.92 Å². The molecule has 1 N–H and O–H groups in total. The number of hydrogen-bond acceptors (Lipinski definition) is 6.